The molecule has 0 amide bonds. The van der Waals surface area contributed by atoms with Crippen LogP contribution in [-0.2, 0) is 4.79 Å². The number of hydrogen-bond acceptors (Lipinski definition) is 3. The first-order chi connectivity index (χ1) is 7.54. The quantitative estimate of drug-likeness (QED) is 0.574. The molecule has 1 aromatic rings. The van der Waals surface area contributed by atoms with Gasteiger partial charge in [-0.15, -0.1) is 0 Å². The van der Waals surface area contributed by atoms with Crippen LogP contribution in [-0.4, -0.2) is 30.5 Å². The van der Waals surface area contributed by atoms with Gasteiger partial charge in [0, 0.05) is 5.54 Å². The van der Waals surface area contributed by atoms with Crippen LogP contribution in [0.15, 0.2) is 30.3 Å². The van der Waals surface area contributed by atoms with Crippen molar-refractivity contribution in [1.82, 2.24) is 4.90 Å². The summed E-state index contributed by atoms with van der Waals surface area (Å²) >= 11 is 0. The van der Waals surface area contributed by atoms with Crippen molar-refractivity contribution >= 4 is 5.97 Å². The molecular weight excluding hydrogens is 202 g/mol. The van der Waals surface area contributed by atoms with E-state index in [0.29, 0.717) is 5.75 Å². The highest BCUT2D eigenvalue weighted by Crippen LogP contribution is 2.47. The van der Waals surface area contributed by atoms with Crippen molar-refractivity contribution in [2.75, 3.05) is 14.1 Å². The van der Waals surface area contributed by atoms with E-state index in [-0.39, 0.29) is 17.4 Å². The third-order valence-electron chi connectivity index (χ3n) is 3.48. The summed E-state index contributed by atoms with van der Waals surface area (Å²) in [6.45, 7) is 2.09. The van der Waals surface area contributed by atoms with Crippen molar-refractivity contribution in [3.8, 4) is 5.75 Å². The number of para-hydroxylation sites is 1. The molecule has 0 bridgehead atoms. The lowest BCUT2D eigenvalue weighted by Crippen LogP contribution is -2.32. The second-order valence-electron chi connectivity index (χ2n) is 4.74. The number of hydrogen-bond donors (Lipinski definition) is 0. The van der Waals surface area contributed by atoms with Gasteiger partial charge in [0.15, 0.2) is 0 Å². The average Bonchev–Trinajstić information content (AvgIpc) is 2.94. The van der Waals surface area contributed by atoms with Crippen LogP contribution in [0.1, 0.15) is 13.3 Å². The molecule has 2 unspecified atom stereocenters. The molecule has 1 aromatic carbocycles. The highest BCUT2D eigenvalue weighted by molar-refractivity contribution is 5.80. The zero-order valence-corrected chi connectivity index (χ0v) is 9.93. The SMILES string of the molecule is CN(C)C1(C)CC1C(=O)Oc1ccccc1. The Hall–Kier alpha value is -1.35. The zero-order valence-electron chi connectivity index (χ0n) is 9.93. The van der Waals surface area contributed by atoms with E-state index in [0.717, 1.165) is 6.42 Å². The van der Waals surface area contributed by atoms with Crippen LogP contribution < -0.4 is 4.74 Å². The number of nitrogens with zero attached hydrogens (tertiary/aromatic N) is 1. The summed E-state index contributed by atoms with van der Waals surface area (Å²) in [5.74, 6) is 0.505. The smallest absolute Gasteiger partial charge is 0.316 e. The van der Waals surface area contributed by atoms with Gasteiger partial charge in [0.25, 0.3) is 0 Å². The second-order valence-corrected chi connectivity index (χ2v) is 4.74. The zero-order chi connectivity index (χ0) is 11.8. The Labute approximate surface area is 96.0 Å². The van der Waals surface area contributed by atoms with Gasteiger partial charge in [-0.2, -0.15) is 0 Å². The second kappa shape index (κ2) is 3.91. The van der Waals surface area contributed by atoms with Crippen molar-refractivity contribution < 1.29 is 9.53 Å². The van der Waals surface area contributed by atoms with Gasteiger partial charge in [-0.05, 0) is 39.6 Å². The number of rotatable bonds is 3. The molecular formula is C13H17NO2. The number of benzene rings is 1. The van der Waals surface area contributed by atoms with Gasteiger partial charge in [0.2, 0.25) is 0 Å². The third-order valence-corrected chi connectivity index (χ3v) is 3.48. The summed E-state index contributed by atoms with van der Waals surface area (Å²) in [6, 6.07) is 9.22. The summed E-state index contributed by atoms with van der Waals surface area (Å²) in [4.78, 5) is 13.9. The van der Waals surface area contributed by atoms with Crippen molar-refractivity contribution in [2.24, 2.45) is 5.92 Å². The van der Waals surface area contributed by atoms with Crippen molar-refractivity contribution in [1.29, 1.82) is 0 Å². The predicted octanol–water partition coefficient (Wildman–Crippen LogP) is 1.93. The van der Waals surface area contributed by atoms with Gasteiger partial charge < -0.3 is 9.64 Å². The van der Waals surface area contributed by atoms with Crippen LogP contribution >= 0.6 is 0 Å². The van der Waals surface area contributed by atoms with E-state index in [1.54, 1.807) is 12.1 Å². The molecule has 0 saturated heterocycles. The lowest BCUT2D eigenvalue weighted by molar-refractivity contribution is -0.136. The summed E-state index contributed by atoms with van der Waals surface area (Å²) in [5.41, 5.74) is -0.0220. The molecule has 0 N–H and O–H groups in total. The van der Waals surface area contributed by atoms with E-state index in [4.69, 9.17) is 4.74 Å². The minimum absolute atomic E-state index is 0.00251. The molecule has 1 saturated carbocycles. The third kappa shape index (κ3) is 1.95. The number of carbonyl (C=O) groups excluding carboxylic acids is 1. The van der Waals surface area contributed by atoms with Gasteiger partial charge in [0.1, 0.15) is 5.75 Å². The molecule has 0 spiro atoms. The van der Waals surface area contributed by atoms with Crippen molar-refractivity contribution in [2.45, 2.75) is 18.9 Å². The summed E-state index contributed by atoms with van der Waals surface area (Å²) in [5, 5.41) is 0. The summed E-state index contributed by atoms with van der Waals surface area (Å²) in [7, 11) is 3.99. The van der Waals surface area contributed by atoms with Gasteiger partial charge in [-0.25, -0.2) is 0 Å². The minimum atomic E-state index is -0.123. The minimum Gasteiger partial charge on any atom is -0.426 e. The lowest BCUT2D eigenvalue weighted by Gasteiger charge is -2.19. The predicted molar refractivity (Wildman–Crippen MR) is 62.3 cm³/mol. The van der Waals surface area contributed by atoms with Crippen LogP contribution in [0.5, 0.6) is 5.75 Å². The largest absolute Gasteiger partial charge is 0.426 e. The normalized spacial score (nSPS) is 27.9. The van der Waals surface area contributed by atoms with Gasteiger partial charge >= 0.3 is 5.97 Å². The average molecular weight is 219 g/mol. The molecule has 0 aromatic heterocycles. The Morgan fingerprint density at radius 2 is 2.00 bits per heavy atom. The molecule has 3 heteroatoms. The highest BCUT2D eigenvalue weighted by atomic mass is 16.5. The van der Waals surface area contributed by atoms with Gasteiger partial charge in [0.05, 0.1) is 5.92 Å². The van der Waals surface area contributed by atoms with Crippen LogP contribution in [0.3, 0.4) is 0 Å². The molecule has 1 fully saturated rings. The van der Waals surface area contributed by atoms with Gasteiger partial charge in [-0.3, -0.25) is 4.79 Å². The maximum Gasteiger partial charge on any atom is 0.316 e. The monoisotopic (exact) mass is 219 g/mol. The molecule has 1 aliphatic rings. The fraction of sp³-hybridized carbons (Fsp3) is 0.462. The Balaban J connectivity index is 1.97. The maximum atomic E-state index is 11.8. The van der Waals surface area contributed by atoms with E-state index in [9.17, 15) is 4.79 Å². The first-order valence-electron chi connectivity index (χ1n) is 5.48. The van der Waals surface area contributed by atoms with E-state index >= 15 is 0 Å². The van der Waals surface area contributed by atoms with E-state index in [1.807, 2.05) is 32.3 Å². The van der Waals surface area contributed by atoms with Crippen molar-refractivity contribution in [3.63, 3.8) is 0 Å². The topological polar surface area (TPSA) is 29.5 Å². The molecule has 16 heavy (non-hydrogen) atoms. The summed E-state index contributed by atoms with van der Waals surface area (Å²) < 4.78 is 5.32. The van der Waals surface area contributed by atoms with E-state index < -0.39 is 0 Å². The summed E-state index contributed by atoms with van der Waals surface area (Å²) in [6.07, 6.45) is 0.881. The lowest BCUT2D eigenvalue weighted by atomic mass is 10.2. The Morgan fingerprint density at radius 1 is 1.38 bits per heavy atom. The molecule has 0 aliphatic heterocycles. The van der Waals surface area contributed by atoms with Crippen LogP contribution in [0, 0.1) is 5.92 Å². The molecule has 0 radical (unpaired) electrons. The fourth-order valence-corrected chi connectivity index (χ4v) is 1.86. The molecule has 2 atom stereocenters. The van der Waals surface area contributed by atoms with Crippen LogP contribution in [0.2, 0.25) is 0 Å². The van der Waals surface area contributed by atoms with Gasteiger partial charge in [-0.1, -0.05) is 18.2 Å². The van der Waals surface area contributed by atoms with Crippen molar-refractivity contribution in [3.05, 3.63) is 30.3 Å². The van der Waals surface area contributed by atoms with E-state index in [1.165, 1.54) is 0 Å². The fourth-order valence-electron chi connectivity index (χ4n) is 1.86. The standard InChI is InChI=1S/C13H17NO2/c1-13(14(2)3)9-11(13)12(15)16-10-7-5-4-6-8-10/h4-8,11H,9H2,1-3H3. The first-order valence-corrected chi connectivity index (χ1v) is 5.48. The highest BCUT2D eigenvalue weighted by Gasteiger charge is 2.57. The molecule has 2 rings (SSSR count). The first kappa shape index (κ1) is 11.1. The van der Waals surface area contributed by atoms with E-state index in [2.05, 4.69) is 11.8 Å². The molecule has 3 nitrogen and oxygen atoms in total. The number of ether oxygens (including phenoxy) is 1. The number of carbonyl (C=O) groups is 1. The maximum absolute atomic E-state index is 11.8. The van der Waals surface area contributed by atoms with Crippen LogP contribution in [0.25, 0.3) is 0 Å². The Kier molecular flexibility index (Phi) is 2.72. The Morgan fingerprint density at radius 3 is 2.50 bits per heavy atom. The molecule has 86 valence electrons. The molecule has 1 aliphatic carbocycles. The Bertz CT molecular complexity index is 388. The van der Waals surface area contributed by atoms with Crippen LogP contribution in [0.4, 0.5) is 0 Å². The molecule has 0 heterocycles. The number of esters is 1.